The Balaban J connectivity index is 2.18. The molecule has 1 amide bonds. The molecule has 0 unspecified atom stereocenters. The number of hydrogen-bond acceptors (Lipinski definition) is 3. The number of anilines is 1. The molecule has 1 aromatic heterocycles. The molecular weight excluding hydrogens is 264 g/mol. The molecule has 0 aliphatic carbocycles. The number of aryl methyl sites for hydroxylation is 3. The van der Waals surface area contributed by atoms with Crippen LogP contribution in [-0.4, -0.2) is 17.5 Å². The number of hydrogen-bond donors (Lipinski definition) is 1. The van der Waals surface area contributed by atoms with E-state index in [0.29, 0.717) is 18.1 Å². The van der Waals surface area contributed by atoms with Gasteiger partial charge in [0.25, 0.3) is 5.91 Å². The summed E-state index contributed by atoms with van der Waals surface area (Å²) in [7, 11) is 0. The summed E-state index contributed by atoms with van der Waals surface area (Å²) < 4.78 is 5.27. The van der Waals surface area contributed by atoms with E-state index in [1.54, 1.807) is 12.1 Å². The summed E-state index contributed by atoms with van der Waals surface area (Å²) in [5, 5.41) is 2.95. The van der Waals surface area contributed by atoms with Crippen LogP contribution in [0.3, 0.4) is 0 Å². The Labute approximate surface area is 125 Å². The first-order valence-electron chi connectivity index (χ1n) is 6.99. The zero-order valence-electron chi connectivity index (χ0n) is 12.9. The summed E-state index contributed by atoms with van der Waals surface area (Å²) >= 11 is 0. The summed E-state index contributed by atoms with van der Waals surface area (Å²) in [6.07, 6.45) is 1.53. The maximum Gasteiger partial charge on any atom is 0.257 e. The van der Waals surface area contributed by atoms with Gasteiger partial charge in [0.05, 0.1) is 12.2 Å². The first-order chi connectivity index (χ1) is 10.0. The highest BCUT2D eigenvalue weighted by atomic mass is 16.5. The molecule has 4 heteroatoms. The van der Waals surface area contributed by atoms with Gasteiger partial charge in [0, 0.05) is 18.0 Å². The number of nitrogens with zero attached hydrogens (tertiary/aromatic N) is 1. The zero-order valence-corrected chi connectivity index (χ0v) is 12.9. The molecule has 4 nitrogen and oxygen atoms in total. The Morgan fingerprint density at radius 1 is 1.19 bits per heavy atom. The fourth-order valence-electron chi connectivity index (χ4n) is 2.31. The molecule has 1 heterocycles. The van der Waals surface area contributed by atoms with Crippen molar-refractivity contribution in [3.05, 3.63) is 52.7 Å². The lowest BCUT2D eigenvalue weighted by Crippen LogP contribution is -2.14. The van der Waals surface area contributed by atoms with Crippen LogP contribution in [0, 0.1) is 20.8 Å². The van der Waals surface area contributed by atoms with Gasteiger partial charge in [-0.15, -0.1) is 0 Å². The lowest BCUT2D eigenvalue weighted by molar-refractivity contribution is 0.102. The fraction of sp³-hybridized carbons (Fsp3) is 0.294. The minimum Gasteiger partial charge on any atom is -0.478 e. The van der Waals surface area contributed by atoms with E-state index in [-0.39, 0.29) is 5.91 Å². The second-order valence-electron chi connectivity index (χ2n) is 5.05. The lowest BCUT2D eigenvalue weighted by atomic mass is 10.0. The van der Waals surface area contributed by atoms with Gasteiger partial charge in [0.2, 0.25) is 5.88 Å². The Hall–Kier alpha value is -2.36. The second kappa shape index (κ2) is 6.39. The van der Waals surface area contributed by atoms with Gasteiger partial charge in [-0.2, -0.15) is 0 Å². The molecule has 2 rings (SSSR count). The number of ether oxygens (including phenoxy) is 1. The van der Waals surface area contributed by atoms with Crippen LogP contribution in [0.4, 0.5) is 5.69 Å². The number of nitrogens with one attached hydrogen (secondary N) is 1. The quantitative estimate of drug-likeness (QED) is 0.932. The molecule has 0 aliphatic heterocycles. The van der Waals surface area contributed by atoms with Crippen LogP contribution in [0.1, 0.15) is 34.0 Å². The third kappa shape index (κ3) is 3.60. The van der Waals surface area contributed by atoms with Gasteiger partial charge >= 0.3 is 0 Å². The molecule has 0 fully saturated rings. The van der Waals surface area contributed by atoms with Crippen molar-refractivity contribution < 1.29 is 9.53 Å². The number of pyridine rings is 1. The summed E-state index contributed by atoms with van der Waals surface area (Å²) in [4.78, 5) is 16.4. The van der Waals surface area contributed by atoms with Gasteiger partial charge in [-0.05, 0) is 44.9 Å². The van der Waals surface area contributed by atoms with Crippen molar-refractivity contribution in [2.75, 3.05) is 11.9 Å². The Kier molecular flexibility index (Phi) is 4.58. The minimum atomic E-state index is -0.166. The van der Waals surface area contributed by atoms with E-state index in [1.807, 2.05) is 27.7 Å². The summed E-state index contributed by atoms with van der Waals surface area (Å²) in [5.41, 5.74) is 4.67. The van der Waals surface area contributed by atoms with Crippen molar-refractivity contribution in [1.82, 2.24) is 4.98 Å². The van der Waals surface area contributed by atoms with Gasteiger partial charge in [-0.1, -0.05) is 17.7 Å². The first-order valence-corrected chi connectivity index (χ1v) is 6.99. The van der Waals surface area contributed by atoms with E-state index in [4.69, 9.17) is 4.74 Å². The minimum absolute atomic E-state index is 0.166. The maximum absolute atomic E-state index is 12.3. The fourth-order valence-corrected chi connectivity index (χ4v) is 2.31. The number of carbonyl (C=O) groups is 1. The van der Waals surface area contributed by atoms with Crippen molar-refractivity contribution in [3.8, 4) is 5.88 Å². The van der Waals surface area contributed by atoms with Crippen molar-refractivity contribution in [3.63, 3.8) is 0 Å². The lowest BCUT2D eigenvalue weighted by Gasteiger charge is -2.13. The number of carbonyl (C=O) groups excluding carboxylic acids is 1. The van der Waals surface area contributed by atoms with Crippen LogP contribution < -0.4 is 10.1 Å². The molecule has 21 heavy (non-hydrogen) atoms. The van der Waals surface area contributed by atoms with Crippen LogP contribution in [0.25, 0.3) is 0 Å². The SMILES string of the molecule is CCOc1ccc(C(=O)Nc2c(C)cc(C)cc2C)cn1. The molecule has 2 aromatic rings. The first kappa shape index (κ1) is 15.0. The number of benzene rings is 1. The molecule has 0 saturated carbocycles. The highest BCUT2D eigenvalue weighted by Gasteiger charge is 2.11. The third-order valence-corrected chi connectivity index (χ3v) is 3.21. The molecule has 1 N–H and O–H groups in total. The van der Waals surface area contributed by atoms with Gasteiger partial charge < -0.3 is 10.1 Å². The van der Waals surface area contributed by atoms with E-state index in [1.165, 1.54) is 11.8 Å². The molecule has 0 aliphatic rings. The van der Waals surface area contributed by atoms with Gasteiger partial charge in [-0.25, -0.2) is 4.98 Å². The number of aromatic nitrogens is 1. The Bertz CT molecular complexity index is 625. The monoisotopic (exact) mass is 284 g/mol. The molecule has 1 aromatic carbocycles. The molecule has 0 spiro atoms. The number of amides is 1. The van der Waals surface area contributed by atoms with Crippen LogP contribution in [-0.2, 0) is 0 Å². The van der Waals surface area contributed by atoms with Gasteiger partial charge in [0.15, 0.2) is 0 Å². The van der Waals surface area contributed by atoms with Crippen molar-refractivity contribution in [2.45, 2.75) is 27.7 Å². The van der Waals surface area contributed by atoms with Crippen LogP contribution in [0.2, 0.25) is 0 Å². The summed E-state index contributed by atoms with van der Waals surface area (Å²) in [6, 6.07) is 7.53. The Morgan fingerprint density at radius 3 is 2.38 bits per heavy atom. The average Bonchev–Trinajstić information content (AvgIpc) is 2.43. The second-order valence-corrected chi connectivity index (χ2v) is 5.05. The van der Waals surface area contributed by atoms with Gasteiger partial charge in [0.1, 0.15) is 0 Å². The summed E-state index contributed by atoms with van der Waals surface area (Å²) in [5.74, 6) is 0.359. The van der Waals surface area contributed by atoms with E-state index >= 15 is 0 Å². The Morgan fingerprint density at radius 2 is 1.86 bits per heavy atom. The van der Waals surface area contributed by atoms with E-state index in [2.05, 4.69) is 22.4 Å². The smallest absolute Gasteiger partial charge is 0.257 e. The molecule has 0 bridgehead atoms. The van der Waals surface area contributed by atoms with Gasteiger partial charge in [-0.3, -0.25) is 4.79 Å². The molecule has 110 valence electrons. The largest absolute Gasteiger partial charge is 0.478 e. The van der Waals surface area contributed by atoms with Crippen molar-refractivity contribution in [2.24, 2.45) is 0 Å². The highest BCUT2D eigenvalue weighted by Crippen LogP contribution is 2.22. The van der Waals surface area contributed by atoms with Crippen molar-refractivity contribution >= 4 is 11.6 Å². The van der Waals surface area contributed by atoms with E-state index in [9.17, 15) is 4.79 Å². The van der Waals surface area contributed by atoms with E-state index < -0.39 is 0 Å². The molecule has 0 atom stereocenters. The topological polar surface area (TPSA) is 51.2 Å². The zero-order chi connectivity index (χ0) is 15.4. The van der Waals surface area contributed by atoms with E-state index in [0.717, 1.165) is 16.8 Å². The molecule has 0 saturated heterocycles. The predicted molar refractivity (Wildman–Crippen MR) is 84.0 cm³/mol. The normalized spacial score (nSPS) is 10.3. The average molecular weight is 284 g/mol. The number of rotatable bonds is 4. The summed E-state index contributed by atoms with van der Waals surface area (Å²) in [6.45, 7) is 8.48. The van der Waals surface area contributed by atoms with Crippen LogP contribution in [0.15, 0.2) is 30.5 Å². The molecular formula is C17H20N2O2. The predicted octanol–water partition coefficient (Wildman–Crippen LogP) is 3.66. The third-order valence-electron chi connectivity index (χ3n) is 3.21. The standard InChI is InChI=1S/C17H20N2O2/c1-5-21-15-7-6-14(10-18-15)17(20)19-16-12(3)8-11(2)9-13(16)4/h6-10H,5H2,1-4H3,(H,19,20). The van der Waals surface area contributed by atoms with Crippen LogP contribution >= 0.6 is 0 Å². The highest BCUT2D eigenvalue weighted by molar-refractivity contribution is 6.04. The van der Waals surface area contributed by atoms with Crippen LogP contribution in [0.5, 0.6) is 5.88 Å². The van der Waals surface area contributed by atoms with Crippen molar-refractivity contribution in [1.29, 1.82) is 0 Å². The maximum atomic E-state index is 12.3. The molecule has 0 radical (unpaired) electrons.